The molecule has 166 valence electrons. The summed E-state index contributed by atoms with van der Waals surface area (Å²) < 4.78 is 1.14. The van der Waals surface area contributed by atoms with Gasteiger partial charge in [-0.15, -0.1) is 11.3 Å². The van der Waals surface area contributed by atoms with Gasteiger partial charge >= 0.3 is 6.03 Å². The van der Waals surface area contributed by atoms with Crippen LogP contribution >= 0.6 is 11.3 Å². The van der Waals surface area contributed by atoms with Gasteiger partial charge in [0.05, 0.1) is 4.88 Å². The average Bonchev–Trinajstić information content (AvgIpc) is 3.28. The number of thiophene rings is 1. The molecule has 1 atom stereocenters. The maximum atomic E-state index is 13.2. The Kier molecular flexibility index (Phi) is 5.98. The van der Waals surface area contributed by atoms with Crippen molar-refractivity contribution in [2.24, 2.45) is 11.8 Å². The number of rotatable bonds is 6. The first-order valence-corrected chi connectivity index (χ1v) is 12.3. The molecule has 6 heteroatoms. The molecule has 0 spiro atoms. The van der Waals surface area contributed by atoms with E-state index in [0.717, 1.165) is 38.2 Å². The molecule has 3 aliphatic heterocycles. The van der Waals surface area contributed by atoms with Crippen LogP contribution in [0.4, 0.5) is 4.79 Å². The molecule has 0 radical (unpaired) electrons. The van der Waals surface area contributed by atoms with Gasteiger partial charge in [0.2, 0.25) is 0 Å². The first kappa shape index (κ1) is 21.2. The fraction of sp³-hybridized carbons (Fsp3) is 0.385. The average molecular weight is 448 g/mol. The Labute approximate surface area is 192 Å². The van der Waals surface area contributed by atoms with Gasteiger partial charge in [0.25, 0.3) is 0 Å². The number of carbonyl (C=O) groups excluding carboxylic acids is 2. The fourth-order valence-corrected chi connectivity index (χ4v) is 6.41. The Balaban J connectivity index is 1.42. The maximum Gasteiger partial charge on any atom is 0.314 e. The van der Waals surface area contributed by atoms with Crippen LogP contribution in [0.5, 0.6) is 0 Å². The molecule has 1 aromatic heterocycles. The van der Waals surface area contributed by atoms with Gasteiger partial charge in [-0.1, -0.05) is 42.5 Å². The van der Waals surface area contributed by atoms with Crippen LogP contribution in [0.15, 0.2) is 48.5 Å². The second-order valence-corrected chi connectivity index (χ2v) is 10.0. The van der Waals surface area contributed by atoms with E-state index in [1.54, 1.807) is 18.4 Å². The topological polar surface area (TPSA) is 61.4 Å². The molecule has 0 unspecified atom stereocenters. The standard InChI is InChI=1S/C26H29N3O2S/c1-27-26(31)28-15-19-5-2-3-7-21(19)22-8-4-6-18-14-24(32-25(18)22)23(30)13-20-16-29-11-9-17(20)10-12-29/h2-8,14,17,20H,9-13,15-16H2,1H3,(H2,27,28,31)/t20-/m0/s1. The summed E-state index contributed by atoms with van der Waals surface area (Å²) in [4.78, 5) is 28.3. The SMILES string of the molecule is CNC(=O)NCc1ccccc1-c1cccc2cc(C(=O)C[C@H]3CN4CCC3CC4)sc12. The Morgan fingerprint density at radius 3 is 2.59 bits per heavy atom. The van der Waals surface area contributed by atoms with Gasteiger partial charge in [-0.2, -0.15) is 0 Å². The van der Waals surface area contributed by atoms with Crippen molar-refractivity contribution in [3.63, 3.8) is 0 Å². The summed E-state index contributed by atoms with van der Waals surface area (Å²) in [5.41, 5.74) is 3.26. The van der Waals surface area contributed by atoms with Crippen LogP contribution in [-0.4, -0.2) is 43.4 Å². The lowest BCUT2D eigenvalue weighted by atomic mass is 9.76. The van der Waals surface area contributed by atoms with Crippen LogP contribution in [0.3, 0.4) is 0 Å². The molecule has 3 fully saturated rings. The third-order valence-corrected chi connectivity index (χ3v) is 8.26. The molecule has 2 amide bonds. The van der Waals surface area contributed by atoms with Crippen molar-refractivity contribution in [2.75, 3.05) is 26.7 Å². The van der Waals surface area contributed by atoms with Gasteiger partial charge in [-0.25, -0.2) is 4.79 Å². The molecule has 6 rings (SSSR count). The van der Waals surface area contributed by atoms with Crippen molar-refractivity contribution in [2.45, 2.75) is 25.8 Å². The van der Waals surface area contributed by atoms with Crippen LogP contribution in [0.1, 0.15) is 34.5 Å². The molecule has 0 aliphatic carbocycles. The van der Waals surface area contributed by atoms with Gasteiger partial charge in [0, 0.05) is 31.3 Å². The van der Waals surface area contributed by atoms with E-state index in [1.807, 2.05) is 18.2 Å². The summed E-state index contributed by atoms with van der Waals surface area (Å²) in [6.07, 6.45) is 3.15. The second-order valence-electron chi connectivity index (χ2n) is 8.95. The van der Waals surface area contributed by atoms with E-state index in [2.05, 4.69) is 45.9 Å². The van der Waals surface area contributed by atoms with Gasteiger partial charge in [0.15, 0.2) is 5.78 Å². The third kappa shape index (κ3) is 4.17. The number of Topliss-reactive ketones (excluding diaryl/α,β-unsaturated/α-hetero) is 1. The zero-order valence-corrected chi connectivity index (χ0v) is 19.2. The van der Waals surface area contributed by atoms with E-state index in [9.17, 15) is 9.59 Å². The van der Waals surface area contributed by atoms with Gasteiger partial charge < -0.3 is 15.5 Å². The summed E-state index contributed by atoms with van der Waals surface area (Å²) in [6.45, 7) is 3.94. The van der Waals surface area contributed by atoms with Crippen LogP contribution < -0.4 is 10.6 Å². The van der Waals surface area contributed by atoms with Crippen molar-refractivity contribution >= 4 is 33.2 Å². The molecule has 2 bridgehead atoms. The van der Waals surface area contributed by atoms with Gasteiger partial charge in [0.1, 0.15) is 0 Å². The highest BCUT2D eigenvalue weighted by molar-refractivity contribution is 7.21. The van der Waals surface area contributed by atoms with Gasteiger partial charge in [-0.3, -0.25) is 4.79 Å². The van der Waals surface area contributed by atoms with E-state index in [1.165, 1.54) is 25.9 Å². The van der Waals surface area contributed by atoms with Crippen molar-refractivity contribution in [3.8, 4) is 11.1 Å². The van der Waals surface area contributed by atoms with E-state index >= 15 is 0 Å². The molecule has 3 saturated heterocycles. The fourth-order valence-electron chi connectivity index (χ4n) is 5.27. The number of urea groups is 1. The number of piperidine rings is 3. The van der Waals surface area contributed by atoms with E-state index in [4.69, 9.17) is 0 Å². The first-order chi connectivity index (χ1) is 15.6. The summed E-state index contributed by atoms with van der Waals surface area (Å²) in [5.74, 6) is 1.50. The van der Waals surface area contributed by atoms with E-state index < -0.39 is 0 Å². The lowest BCUT2D eigenvalue weighted by Crippen LogP contribution is -2.47. The minimum absolute atomic E-state index is 0.199. The summed E-state index contributed by atoms with van der Waals surface area (Å²) in [5, 5.41) is 6.59. The summed E-state index contributed by atoms with van der Waals surface area (Å²) in [6, 6.07) is 16.3. The molecule has 2 N–H and O–H groups in total. The van der Waals surface area contributed by atoms with Crippen molar-refractivity contribution < 1.29 is 9.59 Å². The molecule has 3 aliphatic rings. The number of ketones is 1. The number of benzene rings is 2. The molecule has 3 aromatic rings. The lowest BCUT2D eigenvalue weighted by molar-refractivity contribution is 0.0442. The third-order valence-electron chi connectivity index (χ3n) is 7.03. The summed E-state index contributed by atoms with van der Waals surface area (Å²) >= 11 is 1.61. The maximum absolute atomic E-state index is 13.2. The number of carbonyl (C=O) groups is 2. The predicted octanol–water partition coefficient (Wildman–Crippen LogP) is 4.91. The number of nitrogens with zero attached hydrogens (tertiary/aromatic N) is 1. The van der Waals surface area contributed by atoms with Crippen molar-refractivity contribution in [1.29, 1.82) is 0 Å². The zero-order chi connectivity index (χ0) is 22.1. The number of nitrogens with one attached hydrogen (secondary N) is 2. The highest BCUT2D eigenvalue weighted by Gasteiger charge is 2.35. The van der Waals surface area contributed by atoms with Crippen LogP contribution in [0.2, 0.25) is 0 Å². The molecular weight excluding hydrogens is 418 g/mol. The van der Waals surface area contributed by atoms with Crippen LogP contribution in [0, 0.1) is 11.8 Å². The molecular formula is C26H29N3O2S. The number of hydrogen-bond acceptors (Lipinski definition) is 4. The Bertz CT molecular complexity index is 1150. The Hall–Kier alpha value is -2.70. The monoisotopic (exact) mass is 447 g/mol. The van der Waals surface area contributed by atoms with Crippen molar-refractivity contribution in [1.82, 2.24) is 15.5 Å². The quantitative estimate of drug-likeness (QED) is 0.528. The Morgan fingerprint density at radius 1 is 1.06 bits per heavy atom. The molecule has 2 aromatic carbocycles. The second kappa shape index (κ2) is 9.04. The minimum atomic E-state index is -0.199. The highest BCUT2D eigenvalue weighted by atomic mass is 32.1. The molecule has 32 heavy (non-hydrogen) atoms. The number of hydrogen-bond donors (Lipinski definition) is 2. The number of amides is 2. The van der Waals surface area contributed by atoms with Crippen LogP contribution in [-0.2, 0) is 6.54 Å². The van der Waals surface area contributed by atoms with E-state index in [-0.39, 0.29) is 11.8 Å². The van der Waals surface area contributed by atoms with E-state index in [0.29, 0.717) is 24.8 Å². The smallest absolute Gasteiger partial charge is 0.314 e. The summed E-state index contributed by atoms with van der Waals surface area (Å²) in [7, 11) is 1.61. The zero-order valence-electron chi connectivity index (χ0n) is 18.4. The molecule has 4 heterocycles. The predicted molar refractivity (Wildman–Crippen MR) is 130 cm³/mol. The number of fused-ring (bicyclic) bond motifs is 4. The van der Waals surface area contributed by atoms with Crippen LogP contribution in [0.25, 0.3) is 21.2 Å². The normalized spacial score (nSPS) is 22.1. The van der Waals surface area contributed by atoms with Gasteiger partial charge in [-0.05, 0) is 65.9 Å². The largest absolute Gasteiger partial charge is 0.341 e. The Morgan fingerprint density at radius 2 is 1.84 bits per heavy atom. The minimum Gasteiger partial charge on any atom is -0.341 e. The lowest BCUT2D eigenvalue weighted by Gasteiger charge is -2.44. The molecule has 0 saturated carbocycles. The first-order valence-electron chi connectivity index (χ1n) is 11.4. The molecule has 5 nitrogen and oxygen atoms in total. The highest BCUT2D eigenvalue weighted by Crippen LogP contribution is 2.39. The van der Waals surface area contributed by atoms with Crippen molar-refractivity contribution in [3.05, 3.63) is 59.0 Å².